The molecule has 0 bridgehead atoms. The predicted octanol–water partition coefficient (Wildman–Crippen LogP) is 4.76. The van der Waals surface area contributed by atoms with Crippen LogP contribution in [0.4, 0.5) is 0 Å². The van der Waals surface area contributed by atoms with Crippen LogP contribution in [0, 0.1) is 0 Å². The second-order valence-electron chi connectivity index (χ2n) is 5.33. The molecule has 1 heteroatoms. The summed E-state index contributed by atoms with van der Waals surface area (Å²) < 4.78 is 0. The van der Waals surface area contributed by atoms with Crippen LogP contribution < -0.4 is 0 Å². The van der Waals surface area contributed by atoms with E-state index < -0.39 is 5.60 Å². The van der Waals surface area contributed by atoms with Crippen LogP contribution in [-0.2, 0) is 0 Å². The van der Waals surface area contributed by atoms with Crippen molar-refractivity contribution in [3.8, 4) is 0 Å². The molecule has 0 aliphatic heterocycles. The average molecular weight is 236 g/mol. The molecule has 0 spiro atoms. The van der Waals surface area contributed by atoms with E-state index in [4.69, 9.17) is 0 Å². The molecular weight excluding hydrogens is 208 g/mol. The summed E-state index contributed by atoms with van der Waals surface area (Å²) in [7, 11) is 0. The summed E-state index contributed by atoms with van der Waals surface area (Å²) in [5.74, 6) is 0. The Morgan fingerprint density at radius 2 is 1.82 bits per heavy atom. The molecule has 1 aliphatic carbocycles. The van der Waals surface area contributed by atoms with Gasteiger partial charge in [0.25, 0.3) is 0 Å². The Morgan fingerprint density at radius 1 is 1.12 bits per heavy atom. The number of aliphatic hydroxyl groups is 1. The Kier molecular flexibility index (Phi) is 6.57. The molecule has 0 radical (unpaired) electrons. The molecule has 0 saturated carbocycles. The van der Waals surface area contributed by atoms with Crippen molar-refractivity contribution in [2.45, 2.75) is 77.2 Å². The van der Waals surface area contributed by atoms with Crippen molar-refractivity contribution in [3.63, 3.8) is 0 Å². The summed E-state index contributed by atoms with van der Waals surface area (Å²) in [6.07, 6.45) is 16.8. The van der Waals surface area contributed by atoms with Crippen LogP contribution in [0.25, 0.3) is 0 Å². The molecule has 1 rings (SSSR count). The van der Waals surface area contributed by atoms with E-state index in [0.717, 1.165) is 19.3 Å². The molecule has 0 amide bonds. The highest BCUT2D eigenvalue weighted by Crippen LogP contribution is 2.28. The van der Waals surface area contributed by atoms with Gasteiger partial charge < -0.3 is 5.11 Å². The first-order valence-corrected chi connectivity index (χ1v) is 7.31. The number of hydrogen-bond donors (Lipinski definition) is 1. The lowest BCUT2D eigenvalue weighted by molar-refractivity contribution is 0.0800. The van der Waals surface area contributed by atoms with Crippen molar-refractivity contribution >= 4 is 0 Å². The summed E-state index contributed by atoms with van der Waals surface area (Å²) in [6.45, 7) is 4.43. The SMILES string of the molecule is CCCCCC1=CCC(O)(CCCCC)C=C1. The van der Waals surface area contributed by atoms with Crippen molar-refractivity contribution in [1.29, 1.82) is 0 Å². The Hall–Kier alpha value is -0.560. The molecule has 0 saturated heterocycles. The summed E-state index contributed by atoms with van der Waals surface area (Å²) >= 11 is 0. The maximum atomic E-state index is 10.4. The third kappa shape index (κ3) is 5.54. The van der Waals surface area contributed by atoms with Gasteiger partial charge in [0.1, 0.15) is 0 Å². The predicted molar refractivity (Wildman–Crippen MR) is 75.1 cm³/mol. The molecule has 1 nitrogen and oxygen atoms in total. The van der Waals surface area contributed by atoms with Gasteiger partial charge in [0.05, 0.1) is 5.60 Å². The van der Waals surface area contributed by atoms with Gasteiger partial charge in [0.15, 0.2) is 0 Å². The minimum Gasteiger partial charge on any atom is -0.385 e. The molecule has 0 aromatic heterocycles. The van der Waals surface area contributed by atoms with E-state index in [1.807, 2.05) is 6.08 Å². The van der Waals surface area contributed by atoms with Gasteiger partial charge in [-0.25, -0.2) is 0 Å². The lowest BCUT2D eigenvalue weighted by Gasteiger charge is -2.26. The molecule has 0 fully saturated rings. The third-order valence-electron chi connectivity index (χ3n) is 3.61. The molecule has 1 aliphatic rings. The van der Waals surface area contributed by atoms with E-state index in [0.29, 0.717) is 0 Å². The second kappa shape index (κ2) is 7.71. The lowest BCUT2D eigenvalue weighted by atomic mass is 9.86. The van der Waals surface area contributed by atoms with Crippen LogP contribution in [0.3, 0.4) is 0 Å². The molecule has 0 heterocycles. The van der Waals surface area contributed by atoms with Crippen molar-refractivity contribution < 1.29 is 5.11 Å². The molecular formula is C16H28O. The highest BCUT2D eigenvalue weighted by atomic mass is 16.3. The summed E-state index contributed by atoms with van der Waals surface area (Å²) in [6, 6.07) is 0. The van der Waals surface area contributed by atoms with Crippen LogP contribution in [-0.4, -0.2) is 10.7 Å². The van der Waals surface area contributed by atoms with Gasteiger partial charge in [-0.15, -0.1) is 0 Å². The molecule has 0 aromatic carbocycles. The zero-order valence-corrected chi connectivity index (χ0v) is 11.5. The molecule has 1 unspecified atom stereocenters. The van der Waals surface area contributed by atoms with Crippen LogP contribution >= 0.6 is 0 Å². The van der Waals surface area contributed by atoms with E-state index in [1.165, 1.54) is 44.1 Å². The van der Waals surface area contributed by atoms with E-state index in [-0.39, 0.29) is 0 Å². The summed E-state index contributed by atoms with van der Waals surface area (Å²) in [4.78, 5) is 0. The van der Waals surface area contributed by atoms with Gasteiger partial charge in [-0.3, -0.25) is 0 Å². The van der Waals surface area contributed by atoms with Crippen molar-refractivity contribution in [2.24, 2.45) is 0 Å². The summed E-state index contributed by atoms with van der Waals surface area (Å²) in [5, 5.41) is 10.4. The first kappa shape index (κ1) is 14.5. The quantitative estimate of drug-likeness (QED) is 0.602. The van der Waals surface area contributed by atoms with E-state index >= 15 is 0 Å². The van der Waals surface area contributed by atoms with Crippen molar-refractivity contribution in [1.82, 2.24) is 0 Å². The number of rotatable bonds is 8. The van der Waals surface area contributed by atoms with Gasteiger partial charge in [0.2, 0.25) is 0 Å². The number of allylic oxidation sites excluding steroid dienone is 2. The lowest BCUT2D eigenvalue weighted by Crippen LogP contribution is -2.26. The van der Waals surface area contributed by atoms with Gasteiger partial charge in [-0.1, -0.05) is 69.8 Å². The highest BCUT2D eigenvalue weighted by molar-refractivity contribution is 5.27. The Balaban J connectivity index is 2.30. The molecule has 17 heavy (non-hydrogen) atoms. The van der Waals surface area contributed by atoms with Crippen LogP contribution in [0.1, 0.15) is 71.6 Å². The van der Waals surface area contributed by atoms with Crippen LogP contribution in [0.15, 0.2) is 23.8 Å². The monoisotopic (exact) mass is 236 g/mol. The smallest absolute Gasteiger partial charge is 0.0865 e. The number of hydrogen-bond acceptors (Lipinski definition) is 1. The first-order chi connectivity index (χ1) is 8.20. The maximum Gasteiger partial charge on any atom is 0.0865 e. The fourth-order valence-electron chi connectivity index (χ4n) is 2.34. The van der Waals surface area contributed by atoms with Crippen LogP contribution in [0.2, 0.25) is 0 Å². The number of unbranched alkanes of at least 4 members (excludes halogenated alkanes) is 4. The fraction of sp³-hybridized carbons (Fsp3) is 0.750. The molecule has 98 valence electrons. The van der Waals surface area contributed by atoms with Crippen molar-refractivity contribution in [2.75, 3.05) is 0 Å². The van der Waals surface area contributed by atoms with Crippen molar-refractivity contribution in [3.05, 3.63) is 23.8 Å². The van der Waals surface area contributed by atoms with Crippen LogP contribution in [0.5, 0.6) is 0 Å². The minimum atomic E-state index is -0.552. The summed E-state index contributed by atoms with van der Waals surface area (Å²) in [5.41, 5.74) is 0.863. The Bertz CT molecular complexity index is 265. The zero-order valence-electron chi connectivity index (χ0n) is 11.5. The highest BCUT2D eigenvalue weighted by Gasteiger charge is 2.23. The minimum absolute atomic E-state index is 0.552. The molecule has 1 atom stereocenters. The average Bonchev–Trinajstić information content (AvgIpc) is 2.33. The standard InChI is InChI=1S/C16H28O/c1-3-5-7-9-15-10-13-16(17,14-11-15)12-8-6-4-2/h10-11,13,17H,3-9,12,14H2,1-2H3. The normalized spacial score (nSPS) is 23.8. The van der Waals surface area contributed by atoms with E-state index in [2.05, 4.69) is 26.0 Å². The van der Waals surface area contributed by atoms with Gasteiger partial charge in [-0.05, 0) is 25.7 Å². The molecule has 1 N–H and O–H groups in total. The van der Waals surface area contributed by atoms with E-state index in [1.54, 1.807) is 0 Å². The Morgan fingerprint density at radius 3 is 2.41 bits per heavy atom. The zero-order chi connectivity index (χ0) is 12.6. The van der Waals surface area contributed by atoms with E-state index in [9.17, 15) is 5.11 Å². The Labute approximate surface area is 107 Å². The van der Waals surface area contributed by atoms with Gasteiger partial charge in [0, 0.05) is 0 Å². The second-order valence-corrected chi connectivity index (χ2v) is 5.33. The topological polar surface area (TPSA) is 20.2 Å². The largest absolute Gasteiger partial charge is 0.385 e. The fourth-order valence-corrected chi connectivity index (χ4v) is 2.34. The third-order valence-corrected chi connectivity index (χ3v) is 3.61. The first-order valence-electron chi connectivity index (χ1n) is 7.31. The van der Waals surface area contributed by atoms with Gasteiger partial charge in [-0.2, -0.15) is 0 Å². The maximum absolute atomic E-state index is 10.4. The van der Waals surface area contributed by atoms with Gasteiger partial charge >= 0.3 is 0 Å². The molecule has 0 aromatic rings.